The minimum atomic E-state index is -0.336. The summed E-state index contributed by atoms with van der Waals surface area (Å²) in [4.78, 5) is 30.8. The van der Waals surface area contributed by atoms with Crippen LogP contribution in [-0.2, 0) is 20.7 Å². The zero-order valence-electron chi connectivity index (χ0n) is 18.3. The van der Waals surface area contributed by atoms with Crippen molar-refractivity contribution in [1.29, 1.82) is 0 Å². The van der Waals surface area contributed by atoms with Crippen LogP contribution in [0.15, 0.2) is 48.5 Å². The lowest BCUT2D eigenvalue weighted by Gasteiger charge is -2.26. The molecule has 1 saturated heterocycles. The minimum absolute atomic E-state index is 0.0358. The van der Waals surface area contributed by atoms with Crippen LogP contribution in [0.3, 0.4) is 0 Å². The molecular weight excluding hydrogens is 421 g/mol. The van der Waals surface area contributed by atoms with Crippen molar-refractivity contribution in [2.24, 2.45) is 0 Å². The van der Waals surface area contributed by atoms with Gasteiger partial charge in [-0.05, 0) is 54.0 Å². The van der Waals surface area contributed by atoms with Gasteiger partial charge in [-0.2, -0.15) is 0 Å². The summed E-state index contributed by atoms with van der Waals surface area (Å²) >= 11 is 0. The van der Waals surface area contributed by atoms with E-state index in [1.807, 2.05) is 42.2 Å². The fraction of sp³-hybridized carbons (Fsp3) is 0.231. The second kappa shape index (κ2) is 8.67. The van der Waals surface area contributed by atoms with Crippen molar-refractivity contribution in [2.45, 2.75) is 13.3 Å². The second-order valence-corrected chi connectivity index (χ2v) is 8.31. The molecule has 0 radical (unpaired) electrons. The van der Waals surface area contributed by atoms with Gasteiger partial charge in [-0.15, -0.1) is 0 Å². The molecule has 2 aliphatic rings. The van der Waals surface area contributed by atoms with Gasteiger partial charge >= 0.3 is 0 Å². The number of hydrogen-bond donors (Lipinski definition) is 2. The Morgan fingerprint density at radius 2 is 1.94 bits per heavy atom. The molecule has 168 valence electrons. The first kappa shape index (κ1) is 21.2. The van der Waals surface area contributed by atoms with Crippen LogP contribution in [0.2, 0.25) is 0 Å². The van der Waals surface area contributed by atoms with Gasteiger partial charge in [0.05, 0.1) is 25.2 Å². The molecule has 3 aromatic rings. The highest BCUT2D eigenvalue weighted by Crippen LogP contribution is 2.40. The number of anilines is 1. The number of carbonyl (C=O) groups is 2. The third kappa shape index (κ3) is 4.19. The fourth-order valence-corrected chi connectivity index (χ4v) is 4.46. The standard InChI is InChI=1S/C26H24FN3O3/c1-16-12-18(14-24(31)30-8-10-33-11-9-30)23(28-16)15-21-25-20(17-4-2-5-19(27)13-17)6-3-7-22(25)29-26(21)32/h2-7,12-13,15,28H,8-11,14H2,1H3,(H,29,32)/b21-15-. The van der Waals surface area contributed by atoms with Crippen LogP contribution in [0.5, 0.6) is 0 Å². The third-order valence-electron chi connectivity index (χ3n) is 6.02. The Morgan fingerprint density at radius 3 is 2.73 bits per heavy atom. The summed E-state index contributed by atoms with van der Waals surface area (Å²) in [5.41, 5.74) is 5.82. The van der Waals surface area contributed by atoms with Gasteiger partial charge < -0.3 is 19.9 Å². The first-order chi connectivity index (χ1) is 16.0. The van der Waals surface area contributed by atoms with Crippen LogP contribution in [0.25, 0.3) is 22.8 Å². The van der Waals surface area contributed by atoms with E-state index in [-0.39, 0.29) is 24.1 Å². The molecule has 0 atom stereocenters. The summed E-state index contributed by atoms with van der Waals surface area (Å²) < 4.78 is 19.2. The fourth-order valence-electron chi connectivity index (χ4n) is 4.46. The molecule has 0 bridgehead atoms. The maximum atomic E-state index is 13.9. The van der Waals surface area contributed by atoms with Gasteiger partial charge in [0.1, 0.15) is 5.82 Å². The molecule has 2 N–H and O–H groups in total. The Bertz CT molecular complexity index is 1270. The molecule has 6 nitrogen and oxygen atoms in total. The second-order valence-electron chi connectivity index (χ2n) is 8.31. The summed E-state index contributed by atoms with van der Waals surface area (Å²) in [6.07, 6.45) is 2.03. The number of fused-ring (bicyclic) bond motifs is 1. The van der Waals surface area contributed by atoms with E-state index in [0.717, 1.165) is 28.1 Å². The van der Waals surface area contributed by atoms with Gasteiger partial charge in [0, 0.05) is 35.7 Å². The number of benzene rings is 2. The van der Waals surface area contributed by atoms with Crippen LogP contribution in [0, 0.1) is 12.7 Å². The lowest BCUT2D eigenvalue weighted by Crippen LogP contribution is -2.41. The van der Waals surface area contributed by atoms with E-state index in [2.05, 4.69) is 10.3 Å². The summed E-state index contributed by atoms with van der Waals surface area (Å²) in [7, 11) is 0. The number of amides is 2. The molecule has 1 fully saturated rings. The van der Waals surface area contributed by atoms with E-state index in [4.69, 9.17) is 4.74 Å². The number of nitrogens with one attached hydrogen (secondary N) is 2. The average molecular weight is 445 g/mol. The van der Waals surface area contributed by atoms with E-state index in [1.54, 1.807) is 12.1 Å². The Labute approximate surface area is 191 Å². The highest BCUT2D eigenvalue weighted by atomic mass is 19.1. The van der Waals surface area contributed by atoms with Crippen molar-refractivity contribution in [3.05, 3.63) is 76.9 Å². The number of aromatic amines is 1. The quantitative estimate of drug-likeness (QED) is 0.596. The number of aryl methyl sites for hydroxylation is 1. The first-order valence-corrected chi connectivity index (χ1v) is 11.0. The zero-order valence-corrected chi connectivity index (χ0v) is 18.3. The zero-order chi connectivity index (χ0) is 22.9. The number of halogens is 1. The van der Waals surface area contributed by atoms with E-state index in [9.17, 15) is 14.0 Å². The molecule has 3 heterocycles. The van der Waals surface area contributed by atoms with E-state index >= 15 is 0 Å². The molecule has 1 aromatic heterocycles. The van der Waals surface area contributed by atoms with E-state index < -0.39 is 0 Å². The molecule has 2 aromatic carbocycles. The van der Waals surface area contributed by atoms with Gasteiger partial charge in [-0.1, -0.05) is 24.3 Å². The Morgan fingerprint density at radius 1 is 1.15 bits per heavy atom. The summed E-state index contributed by atoms with van der Waals surface area (Å²) in [5, 5.41) is 2.91. The predicted molar refractivity (Wildman–Crippen MR) is 125 cm³/mol. The molecule has 0 unspecified atom stereocenters. The monoisotopic (exact) mass is 445 g/mol. The van der Waals surface area contributed by atoms with Crippen molar-refractivity contribution < 1.29 is 18.7 Å². The number of rotatable bonds is 4. The average Bonchev–Trinajstić information content (AvgIpc) is 3.32. The van der Waals surface area contributed by atoms with Crippen molar-refractivity contribution >= 4 is 29.2 Å². The Kier molecular flexibility index (Phi) is 5.56. The van der Waals surface area contributed by atoms with Crippen molar-refractivity contribution in [1.82, 2.24) is 9.88 Å². The molecular formula is C26H24FN3O3. The van der Waals surface area contributed by atoms with Crippen molar-refractivity contribution in [3.8, 4) is 11.1 Å². The van der Waals surface area contributed by atoms with Crippen molar-refractivity contribution in [3.63, 3.8) is 0 Å². The molecule has 2 amide bonds. The van der Waals surface area contributed by atoms with Crippen LogP contribution in [0.1, 0.15) is 22.5 Å². The number of H-pyrrole nitrogens is 1. The maximum absolute atomic E-state index is 13.9. The lowest BCUT2D eigenvalue weighted by molar-refractivity contribution is -0.134. The van der Waals surface area contributed by atoms with E-state index in [1.165, 1.54) is 12.1 Å². The van der Waals surface area contributed by atoms with Gasteiger partial charge in [-0.25, -0.2) is 4.39 Å². The Balaban J connectivity index is 1.53. The smallest absolute Gasteiger partial charge is 0.256 e. The van der Waals surface area contributed by atoms with Gasteiger partial charge in [0.15, 0.2) is 0 Å². The maximum Gasteiger partial charge on any atom is 0.256 e. The highest BCUT2D eigenvalue weighted by Gasteiger charge is 2.28. The van der Waals surface area contributed by atoms with Gasteiger partial charge in [-0.3, -0.25) is 9.59 Å². The molecule has 2 aliphatic heterocycles. The number of ether oxygens (including phenoxy) is 1. The van der Waals surface area contributed by atoms with Gasteiger partial charge in [0.25, 0.3) is 5.91 Å². The molecule has 0 aliphatic carbocycles. The topological polar surface area (TPSA) is 74.4 Å². The molecule has 7 heteroatoms. The van der Waals surface area contributed by atoms with Crippen LogP contribution >= 0.6 is 0 Å². The lowest BCUT2D eigenvalue weighted by atomic mass is 9.94. The molecule has 5 rings (SSSR count). The highest BCUT2D eigenvalue weighted by molar-refractivity contribution is 6.36. The van der Waals surface area contributed by atoms with Crippen LogP contribution in [-0.4, -0.2) is 48.0 Å². The third-order valence-corrected chi connectivity index (χ3v) is 6.02. The Hall–Kier alpha value is -3.71. The largest absolute Gasteiger partial charge is 0.378 e. The van der Waals surface area contributed by atoms with Crippen molar-refractivity contribution in [2.75, 3.05) is 31.6 Å². The summed E-state index contributed by atoms with van der Waals surface area (Å²) in [6, 6.07) is 13.8. The summed E-state index contributed by atoms with van der Waals surface area (Å²) in [6.45, 7) is 4.20. The number of nitrogens with zero attached hydrogens (tertiary/aromatic N) is 1. The number of carbonyl (C=O) groups excluding carboxylic acids is 2. The van der Waals surface area contributed by atoms with Crippen LogP contribution < -0.4 is 5.32 Å². The number of hydrogen-bond acceptors (Lipinski definition) is 3. The molecule has 33 heavy (non-hydrogen) atoms. The van der Waals surface area contributed by atoms with Gasteiger partial charge in [0.2, 0.25) is 5.91 Å². The molecule has 0 spiro atoms. The van der Waals surface area contributed by atoms with Crippen LogP contribution in [0.4, 0.5) is 10.1 Å². The SMILES string of the molecule is Cc1cc(CC(=O)N2CCOCC2)c(/C=C2\C(=O)Nc3cccc(-c4cccc(F)c4)c32)[nH]1. The minimum Gasteiger partial charge on any atom is -0.378 e. The number of aromatic nitrogens is 1. The normalized spacial score (nSPS) is 16.7. The molecule has 0 saturated carbocycles. The van der Waals surface area contributed by atoms with E-state index in [0.29, 0.717) is 43.1 Å². The first-order valence-electron chi connectivity index (χ1n) is 11.0. The number of morpholine rings is 1. The summed E-state index contributed by atoms with van der Waals surface area (Å²) in [5.74, 6) is -0.531. The predicted octanol–water partition coefficient (Wildman–Crippen LogP) is 4.02.